The van der Waals surface area contributed by atoms with Gasteiger partial charge in [-0.25, -0.2) is 0 Å². The molecule has 0 bridgehead atoms. The highest BCUT2D eigenvalue weighted by atomic mass is 16.5. The quantitative estimate of drug-likeness (QED) is 0.856. The summed E-state index contributed by atoms with van der Waals surface area (Å²) in [6.07, 6.45) is -0.0642. The summed E-state index contributed by atoms with van der Waals surface area (Å²) in [6.45, 7) is 6.41. The maximum Gasteiger partial charge on any atom is 0.234 e. The van der Waals surface area contributed by atoms with Gasteiger partial charge in [-0.1, -0.05) is 0 Å². The molecule has 0 radical (unpaired) electrons. The van der Waals surface area contributed by atoms with Gasteiger partial charge in [0.1, 0.15) is 5.75 Å². The van der Waals surface area contributed by atoms with Crippen LogP contribution >= 0.6 is 0 Å². The number of hydrogen-bond donors (Lipinski definition) is 1. The Morgan fingerprint density at radius 2 is 1.88 bits per heavy atom. The molecule has 0 unspecified atom stereocenters. The lowest BCUT2D eigenvalue weighted by molar-refractivity contribution is -0.117. The second kappa shape index (κ2) is 6.59. The average Bonchev–Trinajstić information content (AvgIpc) is 2.58. The fourth-order valence-corrected chi connectivity index (χ4v) is 3.27. The van der Waals surface area contributed by atoms with Crippen molar-refractivity contribution in [2.75, 3.05) is 23.9 Å². The van der Waals surface area contributed by atoms with Crippen molar-refractivity contribution in [3.05, 3.63) is 47.0 Å². The third kappa shape index (κ3) is 3.09. The Morgan fingerprint density at radius 3 is 2.52 bits per heavy atom. The molecule has 5 nitrogen and oxygen atoms in total. The minimum atomic E-state index is -0.130. The molecule has 0 saturated heterocycles. The first-order valence-electron chi connectivity index (χ1n) is 8.34. The van der Waals surface area contributed by atoms with Gasteiger partial charge in [-0.05, 0) is 62.2 Å². The fraction of sp³-hybridized carbons (Fsp3) is 0.300. The van der Waals surface area contributed by atoms with Crippen LogP contribution in [-0.2, 0) is 4.79 Å². The summed E-state index contributed by atoms with van der Waals surface area (Å²) in [5, 5.41) is 3.37. The van der Waals surface area contributed by atoms with Crippen molar-refractivity contribution in [3.63, 3.8) is 0 Å². The molecule has 0 atom stereocenters. The highest BCUT2D eigenvalue weighted by Crippen LogP contribution is 2.35. The van der Waals surface area contributed by atoms with E-state index >= 15 is 0 Å². The van der Waals surface area contributed by atoms with E-state index in [-0.39, 0.29) is 18.1 Å². The Morgan fingerprint density at radius 1 is 1.12 bits per heavy atom. The van der Waals surface area contributed by atoms with E-state index in [2.05, 4.69) is 5.32 Å². The van der Waals surface area contributed by atoms with E-state index in [1.165, 1.54) is 0 Å². The van der Waals surface area contributed by atoms with Crippen molar-refractivity contribution in [2.45, 2.75) is 27.2 Å². The Labute approximate surface area is 147 Å². The van der Waals surface area contributed by atoms with Crippen LogP contribution in [0.25, 0.3) is 0 Å². The molecule has 1 heterocycles. The molecule has 1 aliphatic rings. The number of rotatable bonds is 4. The summed E-state index contributed by atoms with van der Waals surface area (Å²) >= 11 is 0. The predicted octanol–water partition coefficient (Wildman–Crippen LogP) is 3.99. The lowest BCUT2D eigenvalue weighted by Crippen LogP contribution is -2.38. The summed E-state index contributed by atoms with van der Waals surface area (Å²) in [5.74, 6) is 0.551. The van der Waals surface area contributed by atoms with Crippen LogP contribution in [0.2, 0.25) is 0 Å². The molecule has 5 heteroatoms. The third-order valence-corrected chi connectivity index (χ3v) is 4.51. The van der Waals surface area contributed by atoms with Gasteiger partial charge in [0.25, 0.3) is 0 Å². The highest BCUT2D eigenvalue weighted by molar-refractivity contribution is 6.20. The fourth-order valence-electron chi connectivity index (χ4n) is 3.27. The predicted molar refractivity (Wildman–Crippen MR) is 99.2 cm³/mol. The molecule has 130 valence electrons. The summed E-state index contributed by atoms with van der Waals surface area (Å²) in [4.78, 5) is 26.2. The second-order valence-corrected chi connectivity index (χ2v) is 6.23. The Hall–Kier alpha value is -2.82. The van der Waals surface area contributed by atoms with E-state index in [0.29, 0.717) is 12.1 Å². The lowest BCUT2D eigenvalue weighted by Gasteiger charge is -2.30. The van der Waals surface area contributed by atoms with Gasteiger partial charge in [-0.2, -0.15) is 0 Å². The van der Waals surface area contributed by atoms with E-state index in [1.807, 2.05) is 51.1 Å². The SMILES string of the molecule is CCN1C(=O)CC(=O)c2cc(Nc3ccc(OC)cc3C)cc(C)c21. The number of fused-ring (bicyclic) bond motifs is 1. The van der Waals surface area contributed by atoms with Crippen LogP contribution in [0.3, 0.4) is 0 Å². The van der Waals surface area contributed by atoms with Gasteiger partial charge in [0.2, 0.25) is 5.91 Å². The number of hydrogen-bond acceptors (Lipinski definition) is 4. The molecule has 2 aromatic rings. The minimum Gasteiger partial charge on any atom is -0.497 e. The summed E-state index contributed by atoms with van der Waals surface area (Å²) in [6, 6.07) is 9.60. The first-order valence-corrected chi connectivity index (χ1v) is 8.34. The Bertz CT molecular complexity index is 858. The molecule has 3 rings (SSSR count). The first kappa shape index (κ1) is 17.0. The van der Waals surface area contributed by atoms with Gasteiger partial charge in [-0.3, -0.25) is 9.59 Å². The molecular weight excluding hydrogens is 316 g/mol. The van der Waals surface area contributed by atoms with Gasteiger partial charge in [0, 0.05) is 23.5 Å². The minimum absolute atomic E-state index is 0.0642. The van der Waals surface area contributed by atoms with Crippen molar-refractivity contribution in [1.82, 2.24) is 0 Å². The van der Waals surface area contributed by atoms with E-state index < -0.39 is 0 Å². The van der Waals surface area contributed by atoms with Gasteiger partial charge in [0.05, 0.1) is 19.2 Å². The summed E-state index contributed by atoms with van der Waals surface area (Å²) < 4.78 is 5.23. The number of nitrogens with zero attached hydrogens (tertiary/aromatic N) is 1. The molecule has 1 N–H and O–H groups in total. The van der Waals surface area contributed by atoms with Gasteiger partial charge in [-0.15, -0.1) is 0 Å². The van der Waals surface area contributed by atoms with E-state index in [4.69, 9.17) is 4.74 Å². The number of Topliss-reactive ketones (excluding diaryl/α,β-unsaturated/α-hetero) is 1. The normalized spacial score (nSPS) is 13.7. The largest absolute Gasteiger partial charge is 0.497 e. The zero-order chi connectivity index (χ0) is 18.1. The van der Waals surface area contributed by atoms with Gasteiger partial charge >= 0.3 is 0 Å². The second-order valence-electron chi connectivity index (χ2n) is 6.23. The molecule has 0 fully saturated rings. The topological polar surface area (TPSA) is 58.6 Å². The third-order valence-electron chi connectivity index (χ3n) is 4.51. The smallest absolute Gasteiger partial charge is 0.234 e. The number of aryl methyl sites for hydroxylation is 2. The van der Waals surface area contributed by atoms with Gasteiger partial charge < -0.3 is 15.0 Å². The summed E-state index contributed by atoms with van der Waals surface area (Å²) in [7, 11) is 1.64. The van der Waals surface area contributed by atoms with Gasteiger partial charge in [0.15, 0.2) is 5.78 Å². The number of nitrogens with one attached hydrogen (secondary N) is 1. The van der Waals surface area contributed by atoms with Crippen molar-refractivity contribution < 1.29 is 14.3 Å². The van der Waals surface area contributed by atoms with Crippen LogP contribution in [0.5, 0.6) is 5.75 Å². The molecule has 1 amide bonds. The molecule has 0 aliphatic carbocycles. The number of amides is 1. The Kier molecular flexibility index (Phi) is 4.49. The number of benzene rings is 2. The van der Waals surface area contributed by atoms with E-state index in [1.54, 1.807) is 12.0 Å². The molecule has 0 spiro atoms. The lowest BCUT2D eigenvalue weighted by atomic mass is 9.95. The molecule has 0 saturated carbocycles. The number of carbonyl (C=O) groups excluding carboxylic acids is 2. The number of anilines is 3. The Balaban J connectivity index is 2.00. The highest BCUT2D eigenvalue weighted by Gasteiger charge is 2.30. The molecular formula is C20H22N2O3. The van der Waals surface area contributed by atoms with Crippen LogP contribution in [0.15, 0.2) is 30.3 Å². The van der Waals surface area contributed by atoms with Crippen molar-refractivity contribution in [1.29, 1.82) is 0 Å². The number of ether oxygens (including phenoxy) is 1. The molecule has 25 heavy (non-hydrogen) atoms. The van der Waals surface area contributed by atoms with E-state index in [0.717, 1.165) is 33.9 Å². The first-order chi connectivity index (χ1) is 11.9. The number of ketones is 1. The zero-order valence-corrected chi connectivity index (χ0v) is 15.0. The summed E-state index contributed by atoms with van der Waals surface area (Å²) in [5.41, 5.74) is 5.09. The van der Waals surface area contributed by atoms with Crippen molar-refractivity contribution in [2.24, 2.45) is 0 Å². The monoisotopic (exact) mass is 338 g/mol. The van der Waals surface area contributed by atoms with Crippen LogP contribution < -0.4 is 15.0 Å². The van der Waals surface area contributed by atoms with Crippen molar-refractivity contribution in [3.8, 4) is 5.75 Å². The van der Waals surface area contributed by atoms with Crippen LogP contribution in [-0.4, -0.2) is 25.3 Å². The molecule has 1 aliphatic heterocycles. The zero-order valence-electron chi connectivity index (χ0n) is 15.0. The molecule has 0 aromatic heterocycles. The average molecular weight is 338 g/mol. The number of carbonyl (C=O) groups is 2. The van der Waals surface area contributed by atoms with Crippen LogP contribution in [0.1, 0.15) is 34.8 Å². The van der Waals surface area contributed by atoms with Crippen LogP contribution in [0, 0.1) is 13.8 Å². The molecule has 2 aromatic carbocycles. The standard InChI is InChI=1S/C20H22N2O3/c1-5-22-19(24)11-18(23)16-10-14(8-13(3)20(16)22)21-17-7-6-15(25-4)9-12(17)2/h6-10,21H,5,11H2,1-4H3. The van der Waals surface area contributed by atoms with E-state index in [9.17, 15) is 9.59 Å². The number of methoxy groups -OCH3 is 1. The van der Waals surface area contributed by atoms with Crippen molar-refractivity contribution >= 4 is 28.8 Å². The van der Waals surface area contributed by atoms with Crippen LogP contribution in [0.4, 0.5) is 17.1 Å². The maximum atomic E-state index is 12.4. The maximum absolute atomic E-state index is 12.4.